The Kier molecular flexibility index (Phi) is 2.92. The number of nitrogens with zero attached hydrogens (tertiary/aromatic N) is 1. The van der Waals surface area contributed by atoms with Gasteiger partial charge in [0.15, 0.2) is 5.69 Å². The minimum atomic E-state index is -0.989. The average Bonchev–Trinajstić information content (AvgIpc) is 2.48. The highest BCUT2D eigenvalue weighted by molar-refractivity contribution is 7.12. The van der Waals surface area contributed by atoms with E-state index in [2.05, 4.69) is 4.98 Å². The molecule has 1 aromatic rings. The van der Waals surface area contributed by atoms with Crippen LogP contribution in [-0.4, -0.2) is 23.2 Å². The van der Waals surface area contributed by atoms with Crippen molar-refractivity contribution in [2.45, 2.75) is 26.4 Å². The van der Waals surface area contributed by atoms with E-state index < -0.39 is 11.6 Å². The number of aromatic carboxylic acids is 1. The molecule has 0 aliphatic rings. The van der Waals surface area contributed by atoms with Crippen molar-refractivity contribution in [3.05, 3.63) is 15.6 Å². The summed E-state index contributed by atoms with van der Waals surface area (Å²) < 4.78 is 5.23. The van der Waals surface area contributed by atoms with Crippen molar-refractivity contribution in [3.63, 3.8) is 0 Å². The fraction of sp³-hybridized carbons (Fsp3) is 0.556. The van der Waals surface area contributed by atoms with Crippen LogP contribution in [0.15, 0.2) is 0 Å². The van der Waals surface area contributed by atoms with Gasteiger partial charge in [-0.3, -0.25) is 0 Å². The second-order valence-electron chi connectivity index (χ2n) is 3.44. The quantitative estimate of drug-likeness (QED) is 0.838. The van der Waals surface area contributed by atoms with E-state index in [-0.39, 0.29) is 5.69 Å². The van der Waals surface area contributed by atoms with Crippen LogP contribution in [0.3, 0.4) is 0 Å². The van der Waals surface area contributed by atoms with Gasteiger partial charge in [0.05, 0.1) is 0 Å². The van der Waals surface area contributed by atoms with Crippen LogP contribution < -0.4 is 0 Å². The monoisotopic (exact) mass is 215 g/mol. The summed E-state index contributed by atoms with van der Waals surface area (Å²) in [6.45, 7) is 5.46. The van der Waals surface area contributed by atoms with Crippen molar-refractivity contribution in [1.82, 2.24) is 4.98 Å². The van der Waals surface area contributed by atoms with Crippen LogP contribution in [0.1, 0.15) is 34.2 Å². The van der Waals surface area contributed by atoms with E-state index in [9.17, 15) is 4.79 Å². The minimum absolute atomic E-state index is 0.120. The molecule has 1 rings (SSSR count). The molecule has 0 unspecified atom stereocenters. The number of thiazole rings is 1. The minimum Gasteiger partial charge on any atom is -0.476 e. The Morgan fingerprint density at radius 2 is 2.14 bits per heavy atom. The first kappa shape index (κ1) is 11.1. The van der Waals surface area contributed by atoms with Crippen molar-refractivity contribution in [3.8, 4) is 0 Å². The maximum absolute atomic E-state index is 10.8. The van der Waals surface area contributed by atoms with E-state index in [1.165, 1.54) is 11.3 Å². The number of aromatic nitrogens is 1. The zero-order valence-electron chi connectivity index (χ0n) is 8.62. The molecule has 1 heterocycles. The highest BCUT2D eigenvalue weighted by Crippen LogP contribution is 2.29. The van der Waals surface area contributed by atoms with Crippen molar-refractivity contribution in [2.24, 2.45) is 0 Å². The van der Waals surface area contributed by atoms with Gasteiger partial charge in [-0.05, 0) is 20.8 Å². The number of aryl methyl sites for hydroxylation is 1. The van der Waals surface area contributed by atoms with Crippen LogP contribution in [-0.2, 0) is 10.3 Å². The number of carboxylic acids is 1. The molecule has 1 aromatic heterocycles. The SMILES string of the molecule is COC(C)(C)c1nc(C(=O)O)c(C)s1. The molecule has 78 valence electrons. The lowest BCUT2D eigenvalue weighted by molar-refractivity contribution is 0.0189. The number of rotatable bonds is 3. The van der Waals surface area contributed by atoms with Gasteiger partial charge < -0.3 is 9.84 Å². The third-order valence-electron chi connectivity index (χ3n) is 2.02. The smallest absolute Gasteiger partial charge is 0.355 e. The van der Waals surface area contributed by atoms with E-state index >= 15 is 0 Å². The Morgan fingerprint density at radius 1 is 1.57 bits per heavy atom. The third-order valence-corrected chi connectivity index (χ3v) is 3.30. The molecule has 0 fully saturated rings. The average molecular weight is 215 g/mol. The summed E-state index contributed by atoms with van der Waals surface area (Å²) in [5.74, 6) is -0.989. The molecule has 5 heteroatoms. The number of hydrogen-bond acceptors (Lipinski definition) is 4. The van der Waals surface area contributed by atoms with Gasteiger partial charge in [-0.1, -0.05) is 0 Å². The molecule has 0 amide bonds. The van der Waals surface area contributed by atoms with Crippen LogP contribution >= 0.6 is 11.3 Å². The van der Waals surface area contributed by atoms with Gasteiger partial charge in [0, 0.05) is 12.0 Å². The summed E-state index contributed by atoms with van der Waals surface area (Å²) >= 11 is 1.36. The molecule has 0 bridgehead atoms. The predicted molar refractivity (Wildman–Crippen MR) is 53.8 cm³/mol. The van der Waals surface area contributed by atoms with Crippen LogP contribution in [0.4, 0.5) is 0 Å². The Balaban J connectivity index is 3.15. The molecule has 0 saturated carbocycles. The summed E-state index contributed by atoms with van der Waals surface area (Å²) in [6, 6.07) is 0. The van der Waals surface area contributed by atoms with Crippen molar-refractivity contribution in [2.75, 3.05) is 7.11 Å². The molecular weight excluding hydrogens is 202 g/mol. The van der Waals surface area contributed by atoms with E-state index in [0.717, 1.165) is 0 Å². The van der Waals surface area contributed by atoms with Gasteiger partial charge in [0.1, 0.15) is 10.6 Å². The van der Waals surface area contributed by atoms with Crippen LogP contribution in [0, 0.1) is 6.92 Å². The molecular formula is C9H13NO3S. The standard InChI is InChI=1S/C9H13NO3S/c1-5-6(7(11)12)10-8(14-5)9(2,3)13-4/h1-4H3,(H,11,12). The van der Waals surface area contributed by atoms with Gasteiger partial charge in [0.25, 0.3) is 0 Å². The Hall–Kier alpha value is -0.940. The van der Waals surface area contributed by atoms with E-state index in [0.29, 0.717) is 9.88 Å². The lowest BCUT2D eigenvalue weighted by atomic mass is 10.1. The fourth-order valence-corrected chi connectivity index (χ4v) is 1.93. The third kappa shape index (κ3) is 1.93. The number of carboxylic acid groups (broad SMARTS) is 1. The molecule has 0 radical (unpaired) electrons. The summed E-state index contributed by atoms with van der Waals surface area (Å²) in [5, 5.41) is 9.51. The second kappa shape index (κ2) is 3.67. The van der Waals surface area contributed by atoms with Gasteiger partial charge in [0.2, 0.25) is 0 Å². The normalized spacial score (nSPS) is 11.7. The fourth-order valence-electron chi connectivity index (χ4n) is 0.940. The molecule has 0 aromatic carbocycles. The summed E-state index contributed by atoms with van der Waals surface area (Å²) in [7, 11) is 1.58. The first-order valence-electron chi connectivity index (χ1n) is 4.15. The number of carbonyl (C=O) groups is 1. The lowest BCUT2D eigenvalue weighted by Crippen LogP contribution is -2.19. The molecule has 1 N–H and O–H groups in total. The molecule has 4 nitrogen and oxygen atoms in total. The van der Waals surface area contributed by atoms with E-state index in [4.69, 9.17) is 9.84 Å². The van der Waals surface area contributed by atoms with Gasteiger partial charge in [-0.15, -0.1) is 11.3 Å². The maximum Gasteiger partial charge on any atom is 0.355 e. The van der Waals surface area contributed by atoms with Crippen molar-refractivity contribution < 1.29 is 14.6 Å². The highest BCUT2D eigenvalue weighted by atomic mass is 32.1. The van der Waals surface area contributed by atoms with Crippen molar-refractivity contribution >= 4 is 17.3 Å². The first-order chi connectivity index (χ1) is 6.38. The Bertz CT molecular complexity index is 357. The molecule has 0 atom stereocenters. The van der Waals surface area contributed by atoms with Gasteiger partial charge in [-0.2, -0.15) is 0 Å². The van der Waals surface area contributed by atoms with Crippen LogP contribution in [0.2, 0.25) is 0 Å². The number of methoxy groups -OCH3 is 1. The topological polar surface area (TPSA) is 59.4 Å². The van der Waals surface area contributed by atoms with E-state index in [1.807, 2.05) is 13.8 Å². The maximum atomic E-state index is 10.8. The lowest BCUT2D eigenvalue weighted by Gasteiger charge is -2.19. The zero-order valence-corrected chi connectivity index (χ0v) is 9.44. The molecule has 0 aliphatic heterocycles. The summed E-state index contributed by atoms with van der Waals surface area (Å²) in [5.41, 5.74) is -0.404. The van der Waals surface area contributed by atoms with Gasteiger partial charge in [-0.25, -0.2) is 9.78 Å². The summed E-state index contributed by atoms with van der Waals surface area (Å²) in [4.78, 5) is 15.5. The molecule has 0 aliphatic carbocycles. The Labute approximate surface area is 86.6 Å². The number of hydrogen-bond donors (Lipinski definition) is 1. The van der Waals surface area contributed by atoms with Crippen LogP contribution in [0.5, 0.6) is 0 Å². The Morgan fingerprint density at radius 3 is 2.50 bits per heavy atom. The largest absolute Gasteiger partial charge is 0.476 e. The zero-order chi connectivity index (χ0) is 10.9. The first-order valence-corrected chi connectivity index (χ1v) is 4.96. The predicted octanol–water partition coefficient (Wildman–Crippen LogP) is 2.03. The highest BCUT2D eigenvalue weighted by Gasteiger charge is 2.26. The van der Waals surface area contributed by atoms with Gasteiger partial charge >= 0.3 is 5.97 Å². The molecule has 0 spiro atoms. The summed E-state index contributed by atoms with van der Waals surface area (Å²) in [6.07, 6.45) is 0. The van der Waals surface area contributed by atoms with Crippen molar-refractivity contribution in [1.29, 1.82) is 0 Å². The second-order valence-corrected chi connectivity index (χ2v) is 4.65. The molecule has 14 heavy (non-hydrogen) atoms. The van der Waals surface area contributed by atoms with Crippen LogP contribution in [0.25, 0.3) is 0 Å². The molecule has 0 saturated heterocycles. The number of ether oxygens (including phenoxy) is 1. The van der Waals surface area contributed by atoms with E-state index in [1.54, 1.807) is 14.0 Å².